The number of nitrogens with zero attached hydrogens (tertiary/aromatic N) is 3. The molecule has 6 heteroatoms. The van der Waals surface area contributed by atoms with Crippen molar-refractivity contribution < 1.29 is 0 Å². The summed E-state index contributed by atoms with van der Waals surface area (Å²) in [5.41, 5.74) is 2.98. The number of nitriles is 1. The monoisotopic (exact) mass is 365 g/mol. The number of rotatable bonds is 3. The van der Waals surface area contributed by atoms with Crippen molar-refractivity contribution >= 4 is 29.7 Å². The van der Waals surface area contributed by atoms with Gasteiger partial charge in [-0.25, -0.2) is 9.98 Å². The van der Waals surface area contributed by atoms with E-state index in [2.05, 4.69) is 40.1 Å². The Kier molecular flexibility index (Phi) is 4.36. The Morgan fingerprint density at radius 1 is 1.42 bits per heavy atom. The number of aliphatic imine (C=N–C) groups is 2. The topological polar surface area (TPSA) is 84.4 Å². The molecule has 1 spiro atoms. The molecule has 5 nitrogen and oxygen atoms in total. The predicted octanol–water partition coefficient (Wildman–Crippen LogP) is 3.64. The van der Waals surface area contributed by atoms with Gasteiger partial charge < -0.3 is 5.32 Å². The number of thiol groups is 1. The third-order valence-electron chi connectivity index (χ3n) is 6.25. The quantitative estimate of drug-likeness (QED) is 0.667. The summed E-state index contributed by atoms with van der Waals surface area (Å²) < 4.78 is 0. The third-order valence-corrected chi connectivity index (χ3v) is 6.63. The molecule has 0 bridgehead atoms. The number of nitrogens with one attached hydrogen (secondary N) is 2. The van der Waals surface area contributed by atoms with Crippen molar-refractivity contribution in [3.63, 3.8) is 0 Å². The second-order valence-corrected chi connectivity index (χ2v) is 8.28. The molecular formula is C20H23N5S. The van der Waals surface area contributed by atoms with E-state index in [1.807, 2.05) is 6.08 Å². The molecule has 0 amide bonds. The second-order valence-electron chi connectivity index (χ2n) is 7.82. The van der Waals surface area contributed by atoms with E-state index in [9.17, 15) is 5.26 Å². The van der Waals surface area contributed by atoms with E-state index in [0.29, 0.717) is 16.4 Å². The Bertz CT molecular complexity index is 827. The lowest BCUT2D eigenvalue weighted by Gasteiger charge is -2.56. The first kappa shape index (κ1) is 17.3. The van der Waals surface area contributed by atoms with E-state index in [4.69, 9.17) is 5.41 Å². The average Bonchev–Trinajstić information content (AvgIpc) is 2.54. The highest BCUT2D eigenvalue weighted by Gasteiger charge is 2.52. The van der Waals surface area contributed by atoms with E-state index in [0.717, 1.165) is 16.8 Å². The van der Waals surface area contributed by atoms with E-state index < -0.39 is 0 Å². The summed E-state index contributed by atoms with van der Waals surface area (Å²) in [5.74, 6) is 0.682. The van der Waals surface area contributed by atoms with Crippen molar-refractivity contribution in [3.8, 4) is 6.07 Å². The average molecular weight is 366 g/mol. The van der Waals surface area contributed by atoms with Gasteiger partial charge >= 0.3 is 0 Å². The predicted molar refractivity (Wildman–Crippen MR) is 108 cm³/mol. The zero-order valence-corrected chi connectivity index (χ0v) is 15.8. The molecule has 0 aromatic heterocycles. The fourth-order valence-electron chi connectivity index (χ4n) is 4.69. The van der Waals surface area contributed by atoms with Gasteiger partial charge in [0, 0.05) is 36.5 Å². The van der Waals surface area contributed by atoms with Gasteiger partial charge in [0.25, 0.3) is 0 Å². The molecular weight excluding hydrogens is 342 g/mol. The van der Waals surface area contributed by atoms with Crippen molar-refractivity contribution in [3.05, 3.63) is 35.2 Å². The maximum atomic E-state index is 9.65. The van der Waals surface area contributed by atoms with Gasteiger partial charge in [0.2, 0.25) is 0 Å². The maximum absolute atomic E-state index is 9.65. The molecule has 2 aliphatic carbocycles. The minimum atomic E-state index is -0.253. The Labute approximate surface area is 159 Å². The Morgan fingerprint density at radius 3 is 2.81 bits per heavy atom. The minimum Gasteiger partial charge on any atom is -0.393 e. The lowest BCUT2D eigenvalue weighted by Crippen LogP contribution is -2.47. The second kappa shape index (κ2) is 6.55. The zero-order valence-electron chi connectivity index (χ0n) is 14.9. The summed E-state index contributed by atoms with van der Waals surface area (Å²) in [6.07, 6.45) is 14.0. The van der Waals surface area contributed by atoms with Crippen LogP contribution in [0.1, 0.15) is 32.1 Å². The fourth-order valence-corrected chi connectivity index (χ4v) is 5.03. The number of dihydropyridines is 1. The third kappa shape index (κ3) is 2.84. The molecule has 2 N–H and O–H groups in total. The molecule has 2 aliphatic heterocycles. The zero-order chi connectivity index (χ0) is 18.3. The Morgan fingerprint density at radius 2 is 2.19 bits per heavy atom. The van der Waals surface area contributed by atoms with Crippen LogP contribution in [0.3, 0.4) is 0 Å². The van der Waals surface area contributed by atoms with Gasteiger partial charge in [0.1, 0.15) is 5.92 Å². The summed E-state index contributed by atoms with van der Waals surface area (Å²) in [4.78, 5) is 8.76. The van der Waals surface area contributed by atoms with Crippen LogP contribution in [-0.4, -0.2) is 24.1 Å². The molecule has 0 radical (unpaired) electrons. The lowest BCUT2D eigenvalue weighted by atomic mass is 9.48. The van der Waals surface area contributed by atoms with Crippen LogP contribution in [0.5, 0.6) is 0 Å². The molecule has 2 saturated carbocycles. The van der Waals surface area contributed by atoms with Crippen LogP contribution < -0.4 is 5.32 Å². The van der Waals surface area contributed by atoms with Gasteiger partial charge in [-0.15, -0.1) is 12.6 Å². The van der Waals surface area contributed by atoms with Crippen molar-refractivity contribution in [2.75, 3.05) is 7.05 Å². The summed E-state index contributed by atoms with van der Waals surface area (Å²) in [6, 6.07) is 2.42. The van der Waals surface area contributed by atoms with Crippen molar-refractivity contribution in [1.82, 2.24) is 5.32 Å². The van der Waals surface area contributed by atoms with E-state index in [1.54, 1.807) is 19.5 Å². The SMILES string of the molecule is CN/C=C1/C=C(C2=CC(C3CC4(CCC4)C3)C(C#N)C(S)=N2)C=NC1=N. The minimum absolute atomic E-state index is 0.165. The smallest absolute Gasteiger partial charge is 0.153 e. The standard InChI is InChI=1S/C20H23N5S/c1-23-10-13-5-12(11-24-18(13)22)17-6-15(16(9-21)19(26)25-17)14-7-20(8-14)3-2-4-20/h5-6,10-11,14-16,22-23H,2-4,7-8H2,1H3,(H,25,26)/b13-10-,22-18?. The lowest BCUT2D eigenvalue weighted by molar-refractivity contribution is -0.0443. The van der Waals surface area contributed by atoms with Crippen LogP contribution in [0.2, 0.25) is 0 Å². The van der Waals surface area contributed by atoms with Crippen molar-refractivity contribution in [2.24, 2.45) is 33.2 Å². The summed E-state index contributed by atoms with van der Waals surface area (Å²) in [7, 11) is 1.80. The number of hydrogen-bond donors (Lipinski definition) is 3. The summed E-state index contributed by atoms with van der Waals surface area (Å²) in [6.45, 7) is 0. The van der Waals surface area contributed by atoms with Crippen LogP contribution in [0.15, 0.2) is 45.2 Å². The molecule has 2 unspecified atom stereocenters. The van der Waals surface area contributed by atoms with Gasteiger partial charge in [-0.1, -0.05) is 12.5 Å². The normalized spacial score (nSPS) is 31.5. The Balaban J connectivity index is 1.62. The first-order valence-corrected chi connectivity index (χ1v) is 9.61. The maximum Gasteiger partial charge on any atom is 0.153 e. The molecule has 0 aromatic rings. The fraction of sp³-hybridized carbons (Fsp3) is 0.500. The van der Waals surface area contributed by atoms with E-state index >= 15 is 0 Å². The van der Waals surface area contributed by atoms with Crippen LogP contribution in [0.4, 0.5) is 0 Å². The van der Waals surface area contributed by atoms with E-state index in [1.165, 1.54) is 32.1 Å². The first-order valence-electron chi connectivity index (χ1n) is 9.17. The summed E-state index contributed by atoms with van der Waals surface area (Å²) in [5, 5.41) is 21.1. The molecule has 134 valence electrons. The molecule has 0 saturated heterocycles. The molecule has 2 atom stereocenters. The van der Waals surface area contributed by atoms with Crippen LogP contribution in [0.25, 0.3) is 0 Å². The highest BCUT2D eigenvalue weighted by atomic mass is 32.1. The van der Waals surface area contributed by atoms with Crippen LogP contribution in [0, 0.1) is 39.9 Å². The number of allylic oxidation sites excluding steroid dienone is 2. The van der Waals surface area contributed by atoms with Gasteiger partial charge in [-0.3, -0.25) is 5.41 Å². The summed E-state index contributed by atoms with van der Waals surface area (Å²) >= 11 is 4.54. The largest absolute Gasteiger partial charge is 0.393 e. The van der Waals surface area contributed by atoms with E-state index in [-0.39, 0.29) is 17.7 Å². The highest BCUT2D eigenvalue weighted by Crippen LogP contribution is 2.61. The van der Waals surface area contributed by atoms with Gasteiger partial charge in [-0.2, -0.15) is 5.26 Å². The molecule has 2 fully saturated rings. The van der Waals surface area contributed by atoms with Gasteiger partial charge in [0.05, 0.1) is 16.8 Å². The number of amidine groups is 1. The van der Waals surface area contributed by atoms with Gasteiger partial charge in [-0.05, 0) is 43.1 Å². The molecule has 0 aromatic carbocycles. The molecule has 2 heterocycles. The first-order chi connectivity index (χ1) is 12.5. The molecule has 4 rings (SSSR count). The number of hydrogen-bond acceptors (Lipinski definition) is 4. The van der Waals surface area contributed by atoms with Crippen molar-refractivity contribution in [2.45, 2.75) is 32.1 Å². The van der Waals surface area contributed by atoms with Crippen LogP contribution in [-0.2, 0) is 0 Å². The van der Waals surface area contributed by atoms with Gasteiger partial charge in [0.15, 0.2) is 5.84 Å². The molecule has 4 aliphatic rings. The Hall–Kier alpha value is -2.13. The van der Waals surface area contributed by atoms with Crippen molar-refractivity contribution in [1.29, 1.82) is 10.7 Å². The van der Waals surface area contributed by atoms with Crippen LogP contribution >= 0.6 is 12.6 Å². The molecule has 26 heavy (non-hydrogen) atoms. The highest BCUT2D eigenvalue weighted by molar-refractivity contribution is 7.97.